The van der Waals surface area contributed by atoms with Crippen molar-refractivity contribution in [3.8, 4) is 17.1 Å². The highest BCUT2D eigenvalue weighted by molar-refractivity contribution is 5.76. The highest BCUT2D eigenvalue weighted by Crippen LogP contribution is 2.25. The van der Waals surface area contributed by atoms with Gasteiger partial charge in [-0.25, -0.2) is 4.98 Å². The van der Waals surface area contributed by atoms with Crippen LogP contribution in [0.25, 0.3) is 28.1 Å². The van der Waals surface area contributed by atoms with Crippen molar-refractivity contribution in [3.63, 3.8) is 0 Å². The molecule has 4 aromatic rings. The average molecular weight is 328 g/mol. The van der Waals surface area contributed by atoms with Crippen molar-refractivity contribution in [1.29, 1.82) is 0 Å². The Hall–Kier alpha value is -2.94. The van der Waals surface area contributed by atoms with E-state index < -0.39 is 0 Å². The van der Waals surface area contributed by atoms with Gasteiger partial charge in [-0.15, -0.1) is 0 Å². The van der Waals surface area contributed by atoms with Crippen molar-refractivity contribution >= 4 is 11.0 Å². The Morgan fingerprint density at radius 3 is 2.12 bits per heavy atom. The van der Waals surface area contributed by atoms with Crippen molar-refractivity contribution in [2.75, 3.05) is 0 Å². The molecule has 4 rings (SSSR count). The van der Waals surface area contributed by atoms with E-state index in [9.17, 15) is 0 Å². The lowest BCUT2D eigenvalue weighted by Crippen LogP contribution is -2.34. The lowest BCUT2D eigenvalue weighted by atomic mass is 10.1. The molecule has 0 spiro atoms. The Bertz CT molecular complexity index is 1050. The Morgan fingerprint density at radius 2 is 1.44 bits per heavy atom. The first-order valence-electron chi connectivity index (χ1n) is 8.59. The van der Waals surface area contributed by atoms with Gasteiger partial charge in [0.25, 0.3) is 5.82 Å². The van der Waals surface area contributed by atoms with Gasteiger partial charge in [0, 0.05) is 11.4 Å². The Labute approximate surface area is 148 Å². The molecule has 2 aromatic carbocycles. The van der Waals surface area contributed by atoms with E-state index in [-0.39, 0.29) is 0 Å². The summed E-state index contributed by atoms with van der Waals surface area (Å²) >= 11 is 0. The summed E-state index contributed by atoms with van der Waals surface area (Å²) < 4.78 is 2.34. The van der Waals surface area contributed by atoms with E-state index in [1.54, 1.807) is 0 Å². The van der Waals surface area contributed by atoms with E-state index in [1.807, 2.05) is 13.8 Å². The van der Waals surface area contributed by atoms with E-state index >= 15 is 0 Å². The number of aromatic nitrogens is 3. The third-order valence-electron chi connectivity index (χ3n) is 4.64. The van der Waals surface area contributed by atoms with Gasteiger partial charge >= 0.3 is 0 Å². The fourth-order valence-electron chi connectivity index (χ4n) is 3.64. The summed E-state index contributed by atoms with van der Waals surface area (Å²) in [6.07, 6.45) is 0. The van der Waals surface area contributed by atoms with Gasteiger partial charge in [0.2, 0.25) is 0 Å². The van der Waals surface area contributed by atoms with Crippen LogP contribution in [0.1, 0.15) is 22.5 Å². The molecule has 0 amide bonds. The van der Waals surface area contributed by atoms with E-state index in [4.69, 9.17) is 0 Å². The molecule has 124 valence electrons. The zero-order valence-corrected chi connectivity index (χ0v) is 15.1. The van der Waals surface area contributed by atoms with Crippen molar-refractivity contribution in [2.24, 2.45) is 0 Å². The van der Waals surface area contributed by atoms with Crippen LogP contribution >= 0.6 is 0 Å². The van der Waals surface area contributed by atoms with Gasteiger partial charge in [-0.2, -0.15) is 4.57 Å². The average Bonchev–Trinajstić information content (AvgIpc) is 2.93. The largest absolute Gasteiger partial charge is 0.292 e. The van der Waals surface area contributed by atoms with E-state index in [2.05, 4.69) is 83.0 Å². The standard InChI is InChI=1S/C22H21N3/c1-14-8-7-9-15(2)21(14)25-20-11-6-5-10-19(20)24-22(25)18-12-16(3)23-17(4)13-18/h5-13H,1-4H3/p+1. The maximum Gasteiger partial charge on any atom is 0.292 e. The molecule has 0 unspecified atom stereocenters. The SMILES string of the molecule is Cc1cc(-c2[nH]c3ccccc3[n+]2-c2c(C)cccc2C)cc(C)n1. The number of H-pyrrole nitrogens is 1. The second-order valence-corrected chi connectivity index (χ2v) is 6.71. The topological polar surface area (TPSA) is 32.6 Å². The van der Waals surface area contributed by atoms with Crippen molar-refractivity contribution in [1.82, 2.24) is 9.97 Å². The zero-order valence-electron chi connectivity index (χ0n) is 15.1. The predicted molar refractivity (Wildman–Crippen MR) is 102 cm³/mol. The van der Waals surface area contributed by atoms with Crippen LogP contribution in [0, 0.1) is 27.7 Å². The van der Waals surface area contributed by atoms with Gasteiger partial charge in [0.1, 0.15) is 5.69 Å². The summed E-state index contributed by atoms with van der Waals surface area (Å²) in [5.74, 6) is 1.09. The normalized spacial score (nSPS) is 11.2. The molecule has 3 heteroatoms. The minimum absolute atomic E-state index is 1.03. The number of nitrogens with zero attached hydrogens (tertiary/aromatic N) is 2. The van der Waals surface area contributed by atoms with Gasteiger partial charge < -0.3 is 0 Å². The molecule has 0 saturated heterocycles. The van der Waals surface area contributed by atoms with Crippen molar-refractivity contribution < 1.29 is 4.57 Å². The molecular weight excluding hydrogens is 306 g/mol. The number of nitrogens with one attached hydrogen (secondary N) is 1. The molecule has 0 aliphatic rings. The van der Waals surface area contributed by atoms with Gasteiger partial charge in [-0.1, -0.05) is 30.3 Å². The summed E-state index contributed by atoms with van der Waals surface area (Å²) in [6.45, 7) is 8.43. The van der Waals surface area contributed by atoms with E-state index in [0.29, 0.717) is 0 Å². The third kappa shape index (κ3) is 2.62. The Balaban J connectivity index is 2.12. The molecule has 1 N–H and O–H groups in total. The third-order valence-corrected chi connectivity index (χ3v) is 4.64. The molecule has 0 aliphatic heterocycles. The Kier molecular flexibility index (Phi) is 3.65. The van der Waals surface area contributed by atoms with Crippen LogP contribution in [-0.4, -0.2) is 9.97 Å². The predicted octanol–water partition coefficient (Wildman–Crippen LogP) is 4.74. The zero-order chi connectivity index (χ0) is 17.6. The molecule has 2 aromatic heterocycles. The van der Waals surface area contributed by atoms with Crippen LogP contribution in [0.3, 0.4) is 0 Å². The van der Waals surface area contributed by atoms with Crippen LogP contribution in [0.4, 0.5) is 0 Å². The molecule has 0 bridgehead atoms. The second-order valence-electron chi connectivity index (χ2n) is 6.71. The number of para-hydroxylation sites is 3. The van der Waals surface area contributed by atoms with Crippen LogP contribution in [0.15, 0.2) is 54.6 Å². The maximum absolute atomic E-state index is 4.53. The maximum atomic E-state index is 4.53. The minimum atomic E-state index is 1.03. The number of aromatic amines is 1. The number of hydrogen-bond donors (Lipinski definition) is 1. The van der Waals surface area contributed by atoms with E-state index in [1.165, 1.54) is 22.3 Å². The second kappa shape index (κ2) is 5.85. The number of hydrogen-bond acceptors (Lipinski definition) is 1. The minimum Gasteiger partial charge on any atom is -0.258 e. The van der Waals surface area contributed by atoms with Gasteiger partial charge in [-0.05, 0) is 63.1 Å². The highest BCUT2D eigenvalue weighted by atomic mass is 15.1. The molecule has 3 nitrogen and oxygen atoms in total. The smallest absolute Gasteiger partial charge is 0.258 e. The number of benzene rings is 2. The molecular formula is C22H22N3+. The number of fused-ring (bicyclic) bond motifs is 1. The fraction of sp³-hybridized carbons (Fsp3) is 0.182. The molecule has 25 heavy (non-hydrogen) atoms. The van der Waals surface area contributed by atoms with Crippen molar-refractivity contribution in [2.45, 2.75) is 27.7 Å². The first kappa shape index (κ1) is 15.6. The Morgan fingerprint density at radius 1 is 0.800 bits per heavy atom. The summed E-state index contributed by atoms with van der Waals surface area (Å²) in [5.41, 5.74) is 9.29. The van der Waals surface area contributed by atoms with E-state index in [0.717, 1.165) is 28.3 Å². The summed E-state index contributed by atoms with van der Waals surface area (Å²) in [7, 11) is 0. The fourth-order valence-corrected chi connectivity index (χ4v) is 3.64. The lowest BCUT2D eigenvalue weighted by Gasteiger charge is -2.09. The summed E-state index contributed by atoms with van der Waals surface area (Å²) in [6, 6.07) is 19.2. The number of rotatable bonds is 2. The van der Waals surface area contributed by atoms with Crippen LogP contribution in [0.5, 0.6) is 0 Å². The lowest BCUT2D eigenvalue weighted by molar-refractivity contribution is -0.555. The number of pyridine rings is 1. The molecule has 2 heterocycles. The molecule has 0 saturated carbocycles. The van der Waals surface area contributed by atoms with Gasteiger partial charge in [-0.3, -0.25) is 4.98 Å². The van der Waals surface area contributed by atoms with Gasteiger partial charge in [0.15, 0.2) is 11.0 Å². The number of aryl methyl sites for hydroxylation is 4. The molecule has 0 fully saturated rings. The quantitative estimate of drug-likeness (QED) is 0.530. The van der Waals surface area contributed by atoms with Crippen LogP contribution in [-0.2, 0) is 0 Å². The molecule has 0 aliphatic carbocycles. The first-order chi connectivity index (χ1) is 12.0. The van der Waals surface area contributed by atoms with Crippen LogP contribution in [0.2, 0.25) is 0 Å². The number of imidazole rings is 1. The monoisotopic (exact) mass is 328 g/mol. The van der Waals surface area contributed by atoms with Crippen molar-refractivity contribution in [3.05, 3.63) is 77.1 Å². The summed E-state index contributed by atoms with van der Waals surface area (Å²) in [5, 5.41) is 0. The van der Waals surface area contributed by atoms with Crippen LogP contribution < -0.4 is 4.57 Å². The molecule has 0 radical (unpaired) electrons. The van der Waals surface area contributed by atoms with Gasteiger partial charge in [0.05, 0.1) is 5.56 Å². The highest BCUT2D eigenvalue weighted by Gasteiger charge is 2.24. The first-order valence-corrected chi connectivity index (χ1v) is 8.59. The molecule has 0 atom stereocenters. The summed E-state index contributed by atoms with van der Waals surface area (Å²) in [4.78, 5) is 8.15.